The highest BCUT2D eigenvalue weighted by Gasteiger charge is 2.18. The van der Waals surface area contributed by atoms with Crippen molar-refractivity contribution < 1.29 is 4.79 Å². The summed E-state index contributed by atoms with van der Waals surface area (Å²) in [5, 5.41) is 2.88. The molecule has 0 saturated heterocycles. The van der Waals surface area contributed by atoms with Crippen molar-refractivity contribution in [2.24, 2.45) is 0 Å². The van der Waals surface area contributed by atoms with Gasteiger partial charge in [0.25, 0.3) is 5.91 Å². The van der Waals surface area contributed by atoms with E-state index < -0.39 is 0 Å². The van der Waals surface area contributed by atoms with E-state index >= 15 is 0 Å². The van der Waals surface area contributed by atoms with Gasteiger partial charge < -0.3 is 5.32 Å². The van der Waals surface area contributed by atoms with Crippen molar-refractivity contribution in [3.63, 3.8) is 0 Å². The maximum absolute atomic E-state index is 12.0. The van der Waals surface area contributed by atoms with Crippen molar-refractivity contribution in [1.82, 2.24) is 19.9 Å². The standard InChI is InChI=1S/C17H14N4O/c22-17-14-11-13(5-4-12(14)6-8-20-17)21-10-9-19-16(21)15-3-1-2-7-18-15/h1-5,7,9-11H,6,8H2,(H,20,22). The zero-order chi connectivity index (χ0) is 14.9. The van der Waals surface area contributed by atoms with Crippen LogP contribution in [0.4, 0.5) is 0 Å². The topological polar surface area (TPSA) is 59.8 Å². The average Bonchev–Trinajstić information content (AvgIpc) is 3.05. The van der Waals surface area contributed by atoms with E-state index in [1.54, 1.807) is 12.4 Å². The van der Waals surface area contributed by atoms with Gasteiger partial charge in [-0.15, -0.1) is 0 Å². The van der Waals surface area contributed by atoms with Crippen LogP contribution in [0, 0.1) is 0 Å². The van der Waals surface area contributed by atoms with E-state index in [9.17, 15) is 4.79 Å². The molecule has 1 aliphatic heterocycles. The van der Waals surface area contributed by atoms with Crippen LogP contribution >= 0.6 is 0 Å². The van der Waals surface area contributed by atoms with Crippen LogP contribution in [-0.2, 0) is 6.42 Å². The van der Waals surface area contributed by atoms with Crippen molar-refractivity contribution in [3.8, 4) is 17.2 Å². The fraction of sp³-hybridized carbons (Fsp3) is 0.118. The molecule has 4 rings (SSSR count). The highest BCUT2D eigenvalue weighted by molar-refractivity contribution is 5.97. The van der Waals surface area contributed by atoms with Crippen LogP contribution in [0.3, 0.4) is 0 Å². The van der Waals surface area contributed by atoms with E-state index in [4.69, 9.17) is 0 Å². The molecule has 22 heavy (non-hydrogen) atoms. The number of hydrogen-bond donors (Lipinski definition) is 1. The van der Waals surface area contributed by atoms with Gasteiger partial charge in [-0.3, -0.25) is 14.3 Å². The summed E-state index contributed by atoms with van der Waals surface area (Å²) in [4.78, 5) is 20.8. The van der Waals surface area contributed by atoms with E-state index in [0.717, 1.165) is 34.8 Å². The van der Waals surface area contributed by atoms with Crippen molar-refractivity contribution >= 4 is 5.91 Å². The Balaban J connectivity index is 1.83. The molecule has 1 N–H and O–H groups in total. The van der Waals surface area contributed by atoms with Crippen LogP contribution in [-0.4, -0.2) is 27.0 Å². The molecule has 1 aromatic carbocycles. The number of fused-ring (bicyclic) bond motifs is 1. The molecule has 5 heteroatoms. The van der Waals surface area contributed by atoms with Crippen LogP contribution in [0.5, 0.6) is 0 Å². The van der Waals surface area contributed by atoms with Crippen molar-refractivity contribution in [3.05, 3.63) is 66.1 Å². The van der Waals surface area contributed by atoms with Crippen LogP contribution < -0.4 is 5.32 Å². The number of benzene rings is 1. The molecule has 0 aliphatic carbocycles. The Morgan fingerprint density at radius 1 is 1.09 bits per heavy atom. The first-order valence-electron chi connectivity index (χ1n) is 7.19. The molecule has 0 spiro atoms. The van der Waals surface area contributed by atoms with Crippen molar-refractivity contribution in [2.75, 3.05) is 6.54 Å². The minimum atomic E-state index is -0.0115. The maximum Gasteiger partial charge on any atom is 0.251 e. The third-order valence-corrected chi connectivity index (χ3v) is 3.83. The Morgan fingerprint density at radius 2 is 2.05 bits per heavy atom. The minimum absolute atomic E-state index is 0.0115. The van der Waals surface area contributed by atoms with Gasteiger partial charge in [-0.25, -0.2) is 4.98 Å². The van der Waals surface area contributed by atoms with Gasteiger partial charge in [0, 0.05) is 36.4 Å². The second-order valence-corrected chi connectivity index (χ2v) is 5.18. The summed E-state index contributed by atoms with van der Waals surface area (Å²) in [7, 11) is 0. The van der Waals surface area contributed by atoms with E-state index in [-0.39, 0.29) is 5.91 Å². The first kappa shape index (κ1) is 12.8. The van der Waals surface area contributed by atoms with Gasteiger partial charge in [0.15, 0.2) is 5.82 Å². The molecule has 0 atom stereocenters. The smallest absolute Gasteiger partial charge is 0.251 e. The van der Waals surface area contributed by atoms with Gasteiger partial charge in [0.2, 0.25) is 0 Å². The first-order valence-corrected chi connectivity index (χ1v) is 7.19. The predicted molar refractivity (Wildman–Crippen MR) is 82.8 cm³/mol. The lowest BCUT2D eigenvalue weighted by Crippen LogP contribution is -2.31. The zero-order valence-corrected chi connectivity index (χ0v) is 11.9. The Hall–Kier alpha value is -2.95. The summed E-state index contributed by atoms with van der Waals surface area (Å²) < 4.78 is 1.95. The van der Waals surface area contributed by atoms with Crippen LogP contribution in [0.2, 0.25) is 0 Å². The Bertz CT molecular complexity index is 839. The molecule has 108 valence electrons. The van der Waals surface area contributed by atoms with Gasteiger partial charge in [-0.2, -0.15) is 0 Å². The molecule has 0 bridgehead atoms. The van der Waals surface area contributed by atoms with Crippen LogP contribution in [0.25, 0.3) is 17.2 Å². The summed E-state index contributed by atoms with van der Waals surface area (Å²) in [5.41, 5.74) is 3.54. The zero-order valence-electron chi connectivity index (χ0n) is 11.9. The number of pyridine rings is 1. The number of hydrogen-bond acceptors (Lipinski definition) is 3. The molecule has 0 radical (unpaired) electrons. The van der Waals surface area contributed by atoms with Crippen LogP contribution in [0.1, 0.15) is 15.9 Å². The lowest BCUT2D eigenvalue weighted by Gasteiger charge is -2.18. The predicted octanol–water partition coefficient (Wildman–Crippen LogP) is 2.22. The summed E-state index contributed by atoms with van der Waals surface area (Å²) in [6.07, 6.45) is 6.24. The van der Waals surface area contributed by atoms with Gasteiger partial charge in [-0.05, 0) is 36.2 Å². The summed E-state index contributed by atoms with van der Waals surface area (Å²) >= 11 is 0. The number of carbonyl (C=O) groups excluding carboxylic acids is 1. The second kappa shape index (κ2) is 5.11. The maximum atomic E-state index is 12.0. The van der Waals surface area contributed by atoms with E-state index in [1.807, 2.05) is 47.2 Å². The number of nitrogens with zero attached hydrogens (tertiary/aromatic N) is 3. The van der Waals surface area contributed by atoms with E-state index in [0.29, 0.717) is 6.54 Å². The molecule has 0 saturated carbocycles. The SMILES string of the molecule is O=C1NCCc2ccc(-n3ccnc3-c3ccccn3)cc21. The van der Waals surface area contributed by atoms with E-state index in [1.165, 1.54) is 0 Å². The Kier molecular flexibility index (Phi) is 2.96. The normalized spacial score (nSPS) is 13.5. The molecule has 5 nitrogen and oxygen atoms in total. The number of carbonyl (C=O) groups is 1. The highest BCUT2D eigenvalue weighted by Crippen LogP contribution is 2.23. The second-order valence-electron chi connectivity index (χ2n) is 5.18. The molecule has 2 aromatic heterocycles. The summed E-state index contributed by atoms with van der Waals surface area (Å²) in [6.45, 7) is 0.704. The monoisotopic (exact) mass is 290 g/mol. The molecule has 1 aliphatic rings. The van der Waals surface area contributed by atoms with Crippen molar-refractivity contribution in [1.29, 1.82) is 0 Å². The fourth-order valence-electron chi connectivity index (χ4n) is 2.75. The van der Waals surface area contributed by atoms with Crippen LogP contribution in [0.15, 0.2) is 55.0 Å². The number of amides is 1. The summed E-state index contributed by atoms with van der Waals surface area (Å²) in [5.74, 6) is 0.749. The van der Waals surface area contributed by atoms with Gasteiger partial charge in [-0.1, -0.05) is 12.1 Å². The van der Waals surface area contributed by atoms with Gasteiger partial charge in [0.1, 0.15) is 5.69 Å². The molecule has 3 aromatic rings. The largest absolute Gasteiger partial charge is 0.352 e. The highest BCUT2D eigenvalue weighted by atomic mass is 16.1. The van der Waals surface area contributed by atoms with Gasteiger partial charge in [0.05, 0.1) is 0 Å². The quantitative estimate of drug-likeness (QED) is 0.787. The summed E-state index contributed by atoms with van der Waals surface area (Å²) in [6, 6.07) is 11.7. The third-order valence-electron chi connectivity index (χ3n) is 3.83. The lowest BCUT2D eigenvalue weighted by molar-refractivity contribution is 0.0946. The van der Waals surface area contributed by atoms with Gasteiger partial charge >= 0.3 is 0 Å². The molecule has 1 amide bonds. The molecule has 0 unspecified atom stereocenters. The Labute approximate surface area is 127 Å². The Morgan fingerprint density at radius 3 is 2.91 bits per heavy atom. The minimum Gasteiger partial charge on any atom is -0.352 e. The number of nitrogens with one attached hydrogen (secondary N) is 1. The number of rotatable bonds is 2. The molecule has 3 heterocycles. The molecular weight excluding hydrogens is 276 g/mol. The fourth-order valence-corrected chi connectivity index (χ4v) is 2.75. The first-order chi connectivity index (χ1) is 10.8. The lowest BCUT2D eigenvalue weighted by atomic mass is 10.00. The molecule has 0 fully saturated rings. The molecular formula is C17H14N4O. The van der Waals surface area contributed by atoms with E-state index in [2.05, 4.69) is 15.3 Å². The number of aromatic nitrogens is 3. The third kappa shape index (κ3) is 2.07. The average molecular weight is 290 g/mol. The number of imidazole rings is 1. The van der Waals surface area contributed by atoms with Crippen molar-refractivity contribution in [2.45, 2.75) is 6.42 Å².